The van der Waals surface area contributed by atoms with Crippen molar-refractivity contribution in [1.29, 1.82) is 0 Å². The van der Waals surface area contributed by atoms with Gasteiger partial charge < -0.3 is 15.5 Å². The predicted molar refractivity (Wildman–Crippen MR) is 75.8 cm³/mol. The summed E-state index contributed by atoms with van der Waals surface area (Å²) in [5.41, 5.74) is 7.34. The minimum absolute atomic E-state index is 0.384. The summed E-state index contributed by atoms with van der Waals surface area (Å²) in [4.78, 5) is 4.76. The van der Waals surface area contributed by atoms with E-state index >= 15 is 0 Å². The van der Waals surface area contributed by atoms with E-state index in [4.69, 9.17) is 22.4 Å². The summed E-state index contributed by atoms with van der Waals surface area (Å²) in [7, 11) is 0. The number of hydrogen-bond acceptors (Lipinski definition) is 4. The van der Waals surface area contributed by atoms with Gasteiger partial charge >= 0.3 is 0 Å². The molecule has 0 unspecified atom stereocenters. The molecule has 0 aliphatic rings. The molecule has 0 atom stereocenters. The number of aromatic nitrogens is 1. The minimum Gasteiger partial charge on any atom is -0.469 e. The van der Waals surface area contributed by atoms with Crippen molar-refractivity contribution in [1.82, 2.24) is 4.98 Å². The normalized spacial score (nSPS) is 10.3. The topological polar surface area (TPSA) is 64.1 Å². The van der Waals surface area contributed by atoms with Crippen LogP contribution < -0.4 is 11.1 Å². The van der Waals surface area contributed by atoms with E-state index in [0.29, 0.717) is 4.99 Å². The van der Waals surface area contributed by atoms with Gasteiger partial charge in [-0.2, -0.15) is 0 Å². The quantitative estimate of drug-likeness (QED) is 0.808. The number of nitrogens with zero attached hydrogens (tertiary/aromatic N) is 1. The van der Waals surface area contributed by atoms with Crippen LogP contribution in [0, 0.1) is 6.92 Å². The van der Waals surface area contributed by atoms with Crippen molar-refractivity contribution in [3.63, 3.8) is 0 Å². The van der Waals surface area contributed by atoms with Gasteiger partial charge in [0.25, 0.3) is 0 Å². The van der Waals surface area contributed by atoms with E-state index in [9.17, 15) is 0 Å². The maximum absolute atomic E-state index is 5.62. The molecule has 0 saturated carbocycles. The SMILES string of the molecule is Cc1cc(C(N)=S)cc(NCCc2ccco2)n1. The summed E-state index contributed by atoms with van der Waals surface area (Å²) in [6, 6.07) is 7.56. The highest BCUT2D eigenvalue weighted by Crippen LogP contribution is 2.10. The van der Waals surface area contributed by atoms with Crippen molar-refractivity contribution in [3.05, 3.63) is 47.5 Å². The van der Waals surface area contributed by atoms with Crippen LogP contribution in [-0.4, -0.2) is 16.5 Å². The first-order valence-corrected chi connectivity index (χ1v) is 6.11. The zero-order valence-electron chi connectivity index (χ0n) is 10.1. The van der Waals surface area contributed by atoms with Crippen LogP contribution in [0.15, 0.2) is 34.9 Å². The Kier molecular flexibility index (Phi) is 3.94. The third kappa shape index (κ3) is 3.30. The molecule has 0 amide bonds. The Labute approximate surface area is 111 Å². The molecule has 0 aromatic carbocycles. The first kappa shape index (κ1) is 12.6. The van der Waals surface area contributed by atoms with Gasteiger partial charge in [0.1, 0.15) is 16.6 Å². The Balaban J connectivity index is 1.98. The van der Waals surface area contributed by atoms with Gasteiger partial charge in [-0.3, -0.25) is 0 Å². The Morgan fingerprint density at radius 3 is 3.00 bits per heavy atom. The molecule has 0 saturated heterocycles. The average Bonchev–Trinajstić information content (AvgIpc) is 2.81. The van der Waals surface area contributed by atoms with Crippen LogP contribution in [0.3, 0.4) is 0 Å². The second kappa shape index (κ2) is 5.64. The fraction of sp³-hybridized carbons (Fsp3) is 0.231. The number of hydrogen-bond donors (Lipinski definition) is 2. The largest absolute Gasteiger partial charge is 0.469 e. The van der Waals surface area contributed by atoms with Crippen LogP contribution in [-0.2, 0) is 6.42 Å². The van der Waals surface area contributed by atoms with E-state index in [0.717, 1.165) is 35.8 Å². The van der Waals surface area contributed by atoms with Crippen LogP contribution in [0.4, 0.5) is 5.82 Å². The average molecular weight is 261 g/mol. The van der Waals surface area contributed by atoms with E-state index in [2.05, 4.69) is 10.3 Å². The van der Waals surface area contributed by atoms with E-state index in [1.165, 1.54) is 0 Å². The first-order valence-electron chi connectivity index (χ1n) is 5.70. The first-order chi connectivity index (χ1) is 8.65. The molecule has 0 fully saturated rings. The number of pyridine rings is 1. The lowest BCUT2D eigenvalue weighted by atomic mass is 10.2. The molecule has 2 heterocycles. The van der Waals surface area contributed by atoms with Crippen LogP contribution in [0.1, 0.15) is 17.0 Å². The molecule has 0 aliphatic carbocycles. The fourth-order valence-electron chi connectivity index (χ4n) is 1.67. The lowest BCUT2D eigenvalue weighted by Gasteiger charge is -2.07. The molecule has 5 heteroatoms. The molecule has 2 rings (SSSR count). The molecule has 4 nitrogen and oxygen atoms in total. The summed E-state index contributed by atoms with van der Waals surface area (Å²) in [6.07, 6.45) is 2.48. The lowest BCUT2D eigenvalue weighted by molar-refractivity contribution is 0.513. The predicted octanol–water partition coefficient (Wildman–Crippen LogP) is 2.27. The van der Waals surface area contributed by atoms with Crippen molar-refractivity contribution in [2.24, 2.45) is 5.73 Å². The Morgan fingerprint density at radius 1 is 1.50 bits per heavy atom. The van der Waals surface area contributed by atoms with Gasteiger partial charge in [0.15, 0.2) is 0 Å². The zero-order valence-corrected chi connectivity index (χ0v) is 11.0. The minimum atomic E-state index is 0.384. The van der Waals surface area contributed by atoms with Gasteiger partial charge in [-0.15, -0.1) is 0 Å². The van der Waals surface area contributed by atoms with Gasteiger partial charge in [0, 0.05) is 24.2 Å². The monoisotopic (exact) mass is 261 g/mol. The van der Waals surface area contributed by atoms with Crippen molar-refractivity contribution in [2.45, 2.75) is 13.3 Å². The molecule has 3 N–H and O–H groups in total. The Morgan fingerprint density at radius 2 is 2.33 bits per heavy atom. The second-order valence-electron chi connectivity index (χ2n) is 4.00. The molecule has 0 spiro atoms. The van der Waals surface area contributed by atoms with Crippen LogP contribution >= 0.6 is 12.2 Å². The van der Waals surface area contributed by atoms with Crippen molar-refractivity contribution < 1.29 is 4.42 Å². The van der Waals surface area contributed by atoms with E-state index in [1.54, 1.807) is 6.26 Å². The number of anilines is 1. The van der Waals surface area contributed by atoms with Gasteiger partial charge in [0.05, 0.1) is 6.26 Å². The molecule has 0 bridgehead atoms. The molecular formula is C13H15N3OS. The Bertz CT molecular complexity index is 537. The number of rotatable bonds is 5. The maximum atomic E-state index is 5.62. The van der Waals surface area contributed by atoms with Gasteiger partial charge in [-0.25, -0.2) is 4.98 Å². The summed E-state index contributed by atoms with van der Waals surface area (Å²) < 4.78 is 5.26. The number of thiocarbonyl (C=S) groups is 1. The lowest BCUT2D eigenvalue weighted by Crippen LogP contribution is -2.12. The highest BCUT2D eigenvalue weighted by atomic mass is 32.1. The summed E-state index contributed by atoms with van der Waals surface area (Å²) in [6.45, 7) is 2.67. The van der Waals surface area contributed by atoms with Gasteiger partial charge in [-0.1, -0.05) is 12.2 Å². The van der Waals surface area contributed by atoms with Crippen molar-refractivity contribution in [3.8, 4) is 0 Å². The summed E-state index contributed by atoms with van der Waals surface area (Å²) in [5.74, 6) is 1.73. The number of aryl methyl sites for hydroxylation is 1. The van der Waals surface area contributed by atoms with Crippen LogP contribution in [0.2, 0.25) is 0 Å². The molecule has 2 aromatic rings. The van der Waals surface area contributed by atoms with Crippen molar-refractivity contribution >= 4 is 23.0 Å². The third-order valence-electron chi connectivity index (χ3n) is 2.50. The molecule has 94 valence electrons. The van der Waals surface area contributed by atoms with Gasteiger partial charge in [0.2, 0.25) is 0 Å². The molecular weight excluding hydrogens is 246 g/mol. The van der Waals surface area contributed by atoms with E-state index in [1.807, 2.05) is 31.2 Å². The standard InChI is InChI=1S/C13H15N3OS/c1-9-7-10(13(14)18)8-12(16-9)15-5-4-11-3-2-6-17-11/h2-3,6-8H,4-5H2,1H3,(H2,14,18)(H,15,16). The molecule has 0 aliphatic heterocycles. The highest BCUT2D eigenvalue weighted by molar-refractivity contribution is 7.80. The summed E-state index contributed by atoms with van der Waals surface area (Å²) >= 11 is 4.97. The van der Waals surface area contributed by atoms with Crippen molar-refractivity contribution in [2.75, 3.05) is 11.9 Å². The van der Waals surface area contributed by atoms with Crippen LogP contribution in [0.5, 0.6) is 0 Å². The number of nitrogens with one attached hydrogen (secondary N) is 1. The molecule has 2 aromatic heterocycles. The molecule has 18 heavy (non-hydrogen) atoms. The summed E-state index contributed by atoms with van der Waals surface area (Å²) in [5, 5.41) is 3.23. The smallest absolute Gasteiger partial charge is 0.126 e. The Hall–Kier alpha value is -1.88. The second-order valence-corrected chi connectivity index (χ2v) is 4.44. The number of nitrogens with two attached hydrogens (primary N) is 1. The van der Waals surface area contributed by atoms with Crippen LogP contribution in [0.25, 0.3) is 0 Å². The fourth-order valence-corrected chi connectivity index (χ4v) is 1.79. The van der Waals surface area contributed by atoms with E-state index < -0.39 is 0 Å². The maximum Gasteiger partial charge on any atom is 0.126 e. The van der Waals surface area contributed by atoms with Gasteiger partial charge in [-0.05, 0) is 31.2 Å². The highest BCUT2D eigenvalue weighted by Gasteiger charge is 2.02. The van der Waals surface area contributed by atoms with E-state index in [-0.39, 0.29) is 0 Å². The number of furan rings is 1. The third-order valence-corrected chi connectivity index (χ3v) is 2.73. The molecule has 0 radical (unpaired) electrons. The zero-order chi connectivity index (χ0) is 13.0.